The fraction of sp³-hybridized carbons (Fsp3) is 0.394. The topological polar surface area (TPSA) is 40.7 Å². The van der Waals surface area contributed by atoms with E-state index in [2.05, 4.69) is 81.5 Å². The average Bonchev–Trinajstić information content (AvgIpc) is 3.72. The van der Waals surface area contributed by atoms with Crippen LogP contribution >= 0.6 is 11.6 Å². The molecule has 6 heteroatoms. The number of aromatic nitrogens is 1. The van der Waals surface area contributed by atoms with Crippen molar-refractivity contribution in [1.29, 1.82) is 0 Å². The number of nitrogens with one attached hydrogen (secondary N) is 1. The lowest BCUT2D eigenvalue weighted by atomic mass is 9.96. The van der Waals surface area contributed by atoms with Crippen LogP contribution < -0.4 is 4.74 Å². The van der Waals surface area contributed by atoms with Crippen molar-refractivity contribution in [3.63, 3.8) is 0 Å². The van der Waals surface area contributed by atoms with Gasteiger partial charge in [-0.1, -0.05) is 48.0 Å². The third-order valence-electron chi connectivity index (χ3n) is 8.31. The van der Waals surface area contributed by atoms with Crippen molar-refractivity contribution in [2.75, 3.05) is 46.4 Å². The highest BCUT2D eigenvalue weighted by Crippen LogP contribution is 2.39. The molecule has 2 fully saturated rings. The van der Waals surface area contributed by atoms with Gasteiger partial charge in [-0.15, -0.1) is 0 Å². The molecule has 39 heavy (non-hydrogen) atoms. The zero-order chi connectivity index (χ0) is 26.6. The summed E-state index contributed by atoms with van der Waals surface area (Å²) in [5.74, 6) is 0.901. The van der Waals surface area contributed by atoms with Gasteiger partial charge in [0.15, 0.2) is 0 Å². The molecule has 0 aliphatic carbocycles. The number of benzene rings is 3. The molecule has 0 amide bonds. The van der Waals surface area contributed by atoms with Crippen molar-refractivity contribution >= 4 is 22.5 Å². The monoisotopic (exact) mass is 543 g/mol. The van der Waals surface area contributed by atoms with Crippen LogP contribution in [0.1, 0.15) is 36.0 Å². The van der Waals surface area contributed by atoms with Gasteiger partial charge in [0.05, 0.1) is 16.8 Å². The van der Waals surface area contributed by atoms with E-state index in [0.717, 1.165) is 78.6 Å². The quantitative estimate of drug-likeness (QED) is 0.239. The van der Waals surface area contributed by atoms with Gasteiger partial charge in [0, 0.05) is 44.2 Å². The summed E-state index contributed by atoms with van der Waals surface area (Å²) < 4.78 is 11.7. The molecular formula is C33H38ClN3O2. The van der Waals surface area contributed by atoms with Crippen LogP contribution in [0.25, 0.3) is 22.2 Å². The second-order valence-corrected chi connectivity index (χ2v) is 11.3. The Morgan fingerprint density at radius 2 is 1.72 bits per heavy atom. The van der Waals surface area contributed by atoms with Gasteiger partial charge in [-0.25, -0.2) is 0 Å². The molecule has 3 aromatic carbocycles. The highest BCUT2D eigenvalue weighted by Gasteiger charge is 2.25. The van der Waals surface area contributed by atoms with E-state index in [1.54, 1.807) is 0 Å². The maximum Gasteiger partial charge on any atom is 0.119 e. The van der Waals surface area contributed by atoms with E-state index >= 15 is 0 Å². The molecule has 1 atom stereocenters. The molecule has 2 aliphatic heterocycles. The minimum atomic E-state index is 0.301. The molecule has 2 aliphatic rings. The van der Waals surface area contributed by atoms with E-state index < -0.39 is 0 Å². The SMILES string of the molecule is COC1CCN(Cc2c(Cc3ccccc3)ccc3[nH]c(-c4ccc(OCCN5CCCC5)cc4)c(Cl)c23)C1. The summed E-state index contributed by atoms with van der Waals surface area (Å²) in [6.07, 6.45) is 4.87. The van der Waals surface area contributed by atoms with Crippen LogP contribution in [-0.4, -0.2) is 67.3 Å². The zero-order valence-corrected chi connectivity index (χ0v) is 23.6. The maximum absolute atomic E-state index is 7.20. The fourth-order valence-electron chi connectivity index (χ4n) is 6.09. The molecule has 1 N–H and O–H groups in total. The number of likely N-dealkylation sites (tertiary alicyclic amines) is 2. The number of hydrogen-bond donors (Lipinski definition) is 1. The van der Waals surface area contributed by atoms with E-state index in [-0.39, 0.29) is 0 Å². The molecular weight excluding hydrogens is 506 g/mol. The second-order valence-electron chi connectivity index (χ2n) is 10.9. The maximum atomic E-state index is 7.20. The summed E-state index contributed by atoms with van der Waals surface area (Å²) >= 11 is 7.20. The third-order valence-corrected chi connectivity index (χ3v) is 8.69. The van der Waals surface area contributed by atoms with Crippen molar-refractivity contribution in [3.8, 4) is 17.0 Å². The molecule has 0 saturated carbocycles. The third kappa shape index (κ3) is 6.02. The Labute approximate surface area is 236 Å². The number of halogens is 1. The van der Waals surface area contributed by atoms with Gasteiger partial charge in [-0.2, -0.15) is 0 Å². The minimum absolute atomic E-state index is 0.301. The number of H-pyrrole nitrogens is 1. The van der Waals surface area contributed by atoms with Crippen LogP contribution in [0.5, 0.6) is 5.75 Å². The second kappa shape index (κ2) is 12.1. The Kier molecular flexibility index (Phi) is 8.21. The zero-order valence-electron chi connectivity index (χ0n) is 22.8. The standard InChI is InChI=1S/C33H38ClN3O2/c1-38-28-15-18-37(22-28)23-29-26(21-24-7-3-2-4-8-24)11-14-30-31(29)32(34)33(35-30)25-9-12-27(13-10-25)39-20-19-36-16-5-6-17-36/h2-4,7-14,28,35H,5-6,15-23H2,1H3. The molecule has 2 saturated heterocycles. The molecule has 6 rings (SSSR count). The minimum Gasteiger partial charge on any atom is -0.492 e. The largest absolute Gasteiger partial charge is 0.492 e. The van der Waals surface area contributed by atoms with Gasteiger partial charge in [-0.3, -0.25) is 9.80 Å². The van der Waals surface area contributed by atoms with Gasteiger partial charge >= 0.3 is 0 Å². The number of ether oxygens (including phenoxy) is 2. The van der Waals surface area contributed by atoms with Gasteiger partial charge in [0.25, 0.3) is 0 Å². The van der Waals surface area contributed by atoms with E-state index in [9.17, 15) is 0 Å². The number of aromatic amines is 1. The van der Waals surface area contributed by atoms with Gasteiger partial charge in [-0.05, 0) is 91.4 Å². The van der Waals surface area contributed by atoms with Crippen LogP contribution in [0.2, 0.25) is 5.02 Å². The molecule has 4 aromatic rings. The van der Waals surface area contributed by atoms with Crippen LogP contribution in [0.4, 0.5) is 0 Å². The van der Waals surface area contributed by atoms with E-state index in [4.69, 9.17) is 21.1 Å². The predicted octanol–water partition coefficient (Wildman–Crippen LogP) is 6.77. The Bertz CT molecular complexity index is 1380. The number of methoxy groups -OCH3 is 1. The summed E-state index contributed by atoms with van der Waals surface area (Å²) in [5, 5.41) is 1.92. The fourth-order valence-corrected chi connectivity index (χ4v) is 6.47. The molecule has 1 unspecified atom stereocenters. The predicted molar refractivity (Wildman–Crippen MR) is 160 cm³/mol. The van der Waals surface area contributed by atoms with Crippen molar-refractivity contribution in [3.05, 3.63) is 88.4 Å². The van der Waals surface area contributed by atoms with Crippen molar-refractivity contribution in [1.82, 2.24) is 14.8 Å². The van der Waals surface area contributed by atoms with Crippen LogP contribution in [0.3, 0.4) is 0 Å². The van der Waals surface area contributed by atoms with Crippen molar-refractivity contribution in [2.24, 2.45) is 0 Å². The normalized spacial score (nSPS) is 18.4. The molecule has 0 spiro atoms. The van der Waals surface area contributed by atoms with E-state index in [1.807, 2.05) is 7.11 Å². The first-order chi connectivity index (χ1) is 19.2. The first-order valence-electron chi connectivity index (χ1n) is 14.2. The van der Waals surface area contributed by atoms with Gasteiger partial charge < -0.3 is 14.5 Å². The molecule has 0 bridgehead atoms. The summed E-state index contributed by atoms with van der Waals surface area (Å²) in [6.45, 7) is 6.95. The van der Waals surface area contributed by atoms with E-state index in [1.165, 1.54) is 42.6 Å². The summed E-state index contributed by atoms with van der Waals surface area (Å²) in [7, 11) is 1.81. The molecule has 204 valence electrons. The van der Waals surface area contributed by atoms with Gasteiger partial charge in [0.1, 0.15) is 12.4 Å². The lowest BCUT2D eigenvalue weighted by molar-refractivity contribution is 0.107. The number of rotatable bonds is 10. The highest BCUT2D eigenvalue weighted by molar-refractivity contribution is 6.38. The molecule has 5 nitrogen and oxygen atoms in total. The summed E-state index contributed by atoms with van der Waals surface area (Å²) in [4.78, 5) is 8.60. The first-order valence-corrected chi connectivity index (χ1v) is 14.6. The summed E-state index contributed by atoms with van der Waals surface area (Å²) in [6, 6.07) is 23.5. The number of nitrogens with zero attached hydrogens (tertiary/aromatic N) is 2. The Morgan fingerprint density at radius 1 is 0.923 bits per heavy atom. The smallest absolute Gasteiger partial charge is 0.119 e. The Balaban J connectivity index is 1.28. The lowest BCUT2D eigenvalue weighted by Gasteiger charge is -2.20. The molecule has 3 heterocycles. The first kappa shape index (κ1) is 26.4. The van der Waals surface area contributed by atoms with Crippen molar-refractivity contribution in [2.45, 2.75) is 38.3 Å². The van der Waals surface area contributed by atoms with Gasteiger partial charge in [0.2, 0.25) is 0 Å². The van der Waals surface area contributed by atoms with Crippen LogP contribution in [0, 0.1) is 0 Å². The van der Waals surface area contributed by atoms with Crippen LogP contribution in [0.15, 0.2) is 66.7 Å². The Hall–Kier alpha value is -2.83. The van der Waals surface area contributed by atoms with E-state index in [0.29, 0.717) is 6.10 Å². The summed E-state index contributed by atoms with van der Waals surface area (Å²) in [5.41, 5.74) is 7.05. The van der Waals surface area contributed by atoms with Crippen molar-refractivity contribution < 1.29 is 9.47 Å². The number of hydrogen-bond acceptors (Lipinski definition) is 4. The lowest BCUT2D eigenvalue weighted by Crippen LogP contribution is -2.25. The average molecular weight is 544 g/mol. The number of fused-ring (bicyclic) bond motifs is 1. The van der Waals surface area contributed by atoms with Crippen LogP contribution in [-0.2, 0) is 17.7 Å². The Morgan fingerprint density at radius 3 is 2.46 bits per heavy atom. The molecule has 1 aromatic heterocycles. The highest BCUT2D eigenvalue weighted by atomic mass is 35.5. The molecule has 0 radical (unpaired) electrons.